The van der Waals surface area contributed by atoms with E-state index >= 15 is 0 Å². The fraction of sp³-hybridized carbons (Fsp3) is 1.00. The zero-order valence-electron chi connectivity index (χ0n) is 22.9. The largest absolute Gasteiger partial charge is 0.668 e. The summed E-state index contributed by atoms with van der Waals surface area (Å²) < 4.78 is 14.5. The van der Waals surface area contributed by atoms with Gasteiger partial charge in [0.25, 0.3) is 0 Å². The first-order chi connectivity index (χ1) is 11.1. The summed E-state index contributed by atoms with van der Waals surface area (Å²) in [6.07, 6.45) is 0. The van der Waals surface area contributed by atoms with E-state index in [1.54, 1.807) is 0 Å². The van der Waals surface area contributed by atoms with Crippen LogP contribution in [0.5, 0.6) is 0 Å². The minimum Gasteiger partial charge on any atom is -0.668 e. The van der Waals surface area contributed by atoms with Gasteiger partial charge in [0.2, 0.25) is 0 Å². The first-order valence-corrected chi connectivity index (χ1v) is 31.0. The second kappa shape index (κ2) is 13.4. The molecule has 3 nitrogen and oxygen atoms in total. The molecule has 0 aliphatic carbocycles. The van der Waals surface area contributed by atoms with Crippen molar-refractivity contribution < 1.29 is 0 Å². The van der Waals surface area contributed by atoms with E-state index in [9.17, 15) is 0 Å². The minimum atomic E-state index is -1.11. The van der Waals surface area contributed by atoms with Crippen molar-refractivity contribution in [2.45, 2.75) is 118 Å². The molecule has 0 saturated heterocycles. The molecule has 0 aromatic rings. The Morgan fingerprint density at radius 3 is 0.321 bits per heavy atom. The summed E-state index contributed by atoms with van der Waals surface area (Å²) in [5.74, 6) is 0. The summed E-state index contributed by atoms with van der Waals surface area (Å²) in [7, 11) is -6.64. The zero-order valence-corrected chi connectivity index (χ0v) is 31.3. The molecule has 0 spiro atoms. The van der Waals surface area contributed by atoms with Gasteiger partial charge in [-0.15, -0.1) is 0 Å². The van der Waals surface area contributed by atoms with Crippen LogP contribution in [0.3, 0.4) is 0 Å². The van der Waals surface area contributed by atoms with Crippen LogP contribution >= 0.6 is 0 Å². The van der Waals surface area contributed by atoms with Crippen LogP contribution in [-0.2, 0) is 0 Å². The molecule has 0 N–H and O–H groups in total. The van der Waals surface area contributed by atoms with E-state index in [1.165, 1.54) is 0 Å². The second-order valence-corrected chi connectivity index (χ2v) is 42.1. The summed E-state index contributed by atoms with van der Waals surface area (Å²) in [6.45, 7) is 41.3. The van der Waals surface area contributed by atoms with Crippen molar-refractivity contribution in [3.8, 4) is 0 Å². The van der Waals surface area contributed by atoms with Gasteiger partial charge >= 0.3 is 0 Å². The molecule has 28 heavy (non-hydrogen) atoms. The first-order valence-electron chi connectivity index (χ1n) is 10.3. The fourth-order valence-electron chi connectivity index (χ4n) is 3.02. The Kier molecular flexibility index (Phi) is 17.8. The molecule has 0 aromatic carbocycles. The van der Waals surface area contributed by atoms with Crippen LogP contribution in [0.4, 0.5) is 0 Å². The van der Waals surface area contributed by atoms with Gasteiger partial charge in [0, 0.05) is 19.8 Å². The number of nitrogens with zero attached hydrogens (tertiary/aromatic N) is 3. The molecule has 0 atom stereocenters. The van der Waals surface area contributed by atoms with Gasteiger partial charge in [-0.2, -0.15) is 0 Å². The molecule has 171 valence electrons. The quantitative estimate of drug-likeness (QED) is 0.297. The second-order valence-electron chi connectivity index (χ2n) is 13.4. The molecule has 0 bridgehead atoms. The molecule has 0 heterocycles. The molecule has 0 rings (SSSR count). The Hall–Kier alpha value is 1.82. The maximum atomic E-state index is 4.82. The molecule has 0 aliphatic rings. The van der Waals surface area contributed by atoms with E-state index in [2.05, 4.69) is 118 Å². The number of hydrogen-bond acceptors (Lipinski definition) is 0. The van der Waals surface area contributed by atoms with E-state index in [1.807, 2.05) is 0 Å². The van der Waals surface area contributed by atoms with Crippen molar-refractivity contribution in [2.24, 2.45) is 0 Å². The van der Waals surface area contributed by atoms with Gasteiger partial charge in [0.1, 0.15) is 0 Å². The van der Waals surface area contributed by atoms with E-state index in [0.717, 1.165) is 0 Å². The Bertz CT molecular complexity index is 297. The third-order valence-electron chi connectivity index (χ3n) is 2.01. The minimum absolute atomic E-state index is 0. The van der Waals surface area contributed by atoms with Gasteiger partial charge in [0.05, 0.1) is 0 Å². The molecule has 0 fully saturated rings. The summed E-state index contributed by atoms with van der Waals surface area (Å²) in [5.41, 5.74) is 0. The first kappa shape index (κ1) is 37.1. The van der Waals surface area contributed by atoms with Gasteiger partial charge < -0.3 is 13.9 Å². The van der Waals surface area contributed by atoms with E-state index < -0.39 is 49.4 Å². The monoisotopic (exact) mass is 549 g/mol. The van der Waals surface area contributed by atoms with Crippen LogP contribution in [0.2, 0.25) is 118 Å². The third kappa shape index (κ3) is 50.9. The summed E-state index contributed by atoms with van der Waals surface area (Å²) >= 11 is 0. The third-order valence-corrected chi connectivity index (χ3v) is 18.1. The molecule has 0 aromatic heterocycles. The summed E-state index contributed by atoms with van der Waals surface area (Å²) in [6, 6.07) is 0. The van der Waals surface area contributed by atoms with Crippen LogP contribution in [0.1, 0.15) is 0 Å². The molecular formula is C18H54GaN3Si6-3. The van der Waals surface area contributed by atoms with E-state index in [4.69, 9.17) is 13.9 Å². The molecule has 0 amide bonds. The standard InChI is InChI=1S/3C6H18NSi2.Ga/c3*1-8(2,3)7-9(4,5)6;/h3*1-6H3;/q3*-1;. The average molecular weight is 551 g/mol. The summed E-state index contributed by atoms with van der Waals surface area (Å²) in [5, 5.41) is 0. The van der Waals surface area contributed by atoms with Crippen molar-refractivity contribution in [1.82, 2.24) is 0 Å². The Balaban J connectivity index is -0.000000152. The van der Waals surface area contributed by atoms with Crippen LogP contribution in [0.15, 0.2) is 0 Å². The van der Waals surface area contributed by atoms with Gasteiger partial charge in [-0.1, -0.05) is 167 Å². The van der Waals surface area contributed by atoms with Crippen molar-refractivity contribution in [3.63, 3.8) is 0 Å². The molecule has 3 radical (unpaired) electrons. The predicted molar refractivity (Wildman–Crippen MR) is 156 cm³/mol. The van der Waals surface area contributed by atoms with Crippen molar-refractivity contribution in [3.05, 3.63) is 13.9 Å². The Morgan fingerprint density at radius 1 is 0.250 bits per heavy atom. The maximum Gasteiger partial charge on any atom is 0 e. The number of hydrogen-bond donors (Lipinski definition) is 0. The van der Waals surface area contributed by atoms with Crippen LogP contribution in [0, 0.1) is 0 Å². The SMILES string of the molecule is C[Si](C)(C)[N-][Si](C)(C)C.C[Si](C)(C)[N-][Si](C)(C)C.C[Si](C)(C)[N-][Si](C)(C)C.[Ga]. The van der Waals surface area contributed by atoms with Gasteiger partial charge in [-0.25, -0.2) is 0 Å². The van der Waals surface area contributed by atoms with Crippen molar-refractivity contribution in [2.75, 3.05) is 0 Å². The molecule has 0 aliphatic heterocycles. The predicted octanol–water partition coefficient (Wildman–Crippen LogP) is 8.71. The van der Waals surface area contributed by atoms with Gasteiger partial charge in [0.15, 0.2) is 0 Å². The number of rotatable bonds is 6. The van der Waals surface area contributed by atoms with Crippen LogP contribution in [0.25, 0.3) is 13.9 Å². The maximum absolute atomic E-state index is 4.82. The Morgan fingerprint density at radius 2 is 0.321 bits per heavy atom. The molecule has 0 unspecified atom stereocenters. The fourth-order valence-corrected chi connectivity index (χ4v) is 27.2. The smallest absolute Gasteiger partial charge is 0 e. The summed E-state index contributed by atoms with van der Waals surface area (Å²) in [4.78, 5) is 0. The zero-order chi connectivity index (χ0) is 23.1. The molecule has 0 saturated carbocycles. The normalized spacial score (nSPS) is 13.5. The van der Waals surface area contributed by atoms with Gasteiger partial charge in [-0.3, -0.25) is 0 Å². The molecular weight excluding hydrogens is 496 g/mol. The van der Waals surface area contributed by atoms with E-state index in [0.29, 0.717) is 0 Å². The molecule has 10 heteroatoms. The average Bonchev–Trinajstić information content (AvgIpc) is 1.96. The van der Waals surface area contributed by atoms with Gasteiger partial charge in [-0.05, 0) is 0 Å². The van der Waals surface area contributed by atoms with E-state index in [-0.39, 0.29) is 19.8 Å². The van der Waals surface area contributed by atoms with Crippen LogP contribution in [-0.4, -0.2) is 69.2 Å². The Labute approximate surface area is 200 Å². The topological polar surface area (TPSA) is 42.3 Å². The van der Waals surface area contributed by atoms with Crippen LogP contribution < -0.4 is 0 Å². The van der Waals surface area contributed by atoms with Crippen molar-refractivity contribution in [1.29, 1.82) is 0 Å². The van der Waals surface area contributed by atoms with Crippen molar-refractivity contribution >= 4 is 69.2 Å².